The molecule has 106 valence electrons. The van der Waals surface area contributed by atoms with E-state index >= 15 is 0 Å². The van der Waals surface area contributed by atoms with Crippen LogP contribution in [0.25, 0.3) is 11.3 Å². The molecule has 0 atom stereocenters. The van der Waals surface area contributed by atoms with Crippen LogP contribution in [0.1, 0.15) is 11.1 Å². The van der Waals surface area contributed by atoms with Crippen molar-refractivity contribution in [1.82, 2.24) is 9.97 Å². The molecule has 2 rings (SSSR count). The van der Waals surface area contributed by atoms with Gasteiger partial charge < -0.3 is 10.5 Å². The first-order valence-electron chi connectivity index (χ1n) is 5.72. The van der Waals surface area contributed by atoms with Gasteiger partial charge in [0.1, 0.15) is 0 Å². The molecule has 0 aliphatic carbocycles. The van der Waals surface area contributed by atoms with Gasteiger partial charge in [-0.05, 0) is 18.2 Å². The summed E-state index contributed by atoms with van der Waals surface area (Å²) in [6.07, 6.45) is -2.12. The highest BCUT2D eigenvalue weighted by Gasteiger charge is 2.30. The number of rotatable bonds is 3. The lowest BCUT2D eigenvalue weighted by molar-refractivity contribution is -0.137. The van der Waals surface area contributed by atoms with E-state index in [-0.39, 0.29) is 6.54 Å². The minimum Gasteiger partial charge on any atom is -0.481 e. The van der Waals surface area contributed by atoms with Gasteiger partial charge in [0.2, 0.25) is 5.88 Å². The Morgan fingerprint density at radius 3 is 2.45 bits per heavy atom. The zero-order valence-electron chi connectivity index (χ0n) is 10.6. The summed E-state index contributed by atoms with van der Waals surface area (Å²) in [7, 11) is 1.47. The minimum absolute atomic E-state index is 0.213. The van der Waals surface area contributed by atoms with Crippen LogP contribution < -0.4 is 10.5 Å². The first-order chi connectivity index (χ1) is 9.45. The molecule has 2 aromatic rings. The molecule has 0 aliphatic heterocycles. The molecule has 0 aliphatic rings. The van der Waals surface area contributed by atoms with Crippen LogP contribution in [0, 0.1) is 0 Å². The van der Waals surface area contributed by atoms with E-state index in [0.717, 1.165) is 12.3 Å². The number of pyridine rings is 2. The predicted molar refractivity (Wildman–Crippen MR) is 66.9 cm³/mol. The third-order valence-electron chi connectivity index (χ3n) is 2.73. The zero-order chi connectivity index (χ0) is 14.8. The van der Waals surface area contributed by atoms with Crippen molar-refractivity contribution in [3.05, 3.63) is 41.7 Å². The lowest BCUT2D eigenvalue weighted by Gasteiger charge is -2.09. The fourth-order valence-electron chi connectivity index (χ4n) is 1.70. The smallest absolute Gasteiger partial charge is 0.417 e. The maximum atomic E-state index is 12.5. The third-order valence-corrected chi connectivity index (χ3v) is 2.73. The normalized spacial score (nSPS) is 11.4. The van der Waals surface area contributed by atoms with E-state index in [1.807, 2.05) is 0 Å². The molecule has 2 aromatic heterocycles. The van der Waals surface area contributed by atoms with Crippen molar-refractivity contribution >= 4 is 0 Å². The van der Waals surface area contributed by atoms with Crippen LogP contribution >= 0.6 is 0 Å². The quantitative estimate of drug-likeness (QED) is 0.940. The Morgan fingerprint density at radius 2 is 1.95 bits per heavy atom. The van der Waals surface area contributed by atoms with E-state index in [1.54, 1.807) is 6.07 Å². The SMILES string of the molecule is COc1ncc(-c2ccc(C(F)(F)F)cn2)cc1CN. The number of nitrogens with zero attached hydrogens (tertiary/aromatic N) is 2. The molecule has 0 radical (unpaired) electrons. The maximum absolute atomic E-state index is 12.5. The third kappa shape index (κ3) is 2.88. The Morgan fingerprint density at radius 1 is 1.20 bits per heavy atom. The molecule has 0 bridgehead atoms. The largest absolute Gasteiger partial charge is 0.481 e. The van der Waals surface area contributed by atoms with E-state index < -0.39 is 11.7 Å². The van der Waals surface area contributed by atoms with Crippen LogP contribution in [0.5, 0.6) is 5.88 Å². The van der Waals surface area contributed by atoms with Crippen molar-refractivity contribution in [2.75, 3.05) is 7.11 Å². The van der Waals surface area contributed by atoms with Crippen molar-refractivity contribution in [1.29, 1.82) is 0 Å². The molecule has 0 amide bonds. The molecule has 2 heterocycles. The predicted octanol–water partition coefficient (Wildman–Crippen LogP) is 2.63. The monoisotopic (exact) mass is 283 g/mol. The lowest BCUT2D eigenvalue weighted by Crippen LogP contribution is -2.05. The maximum Gasteiger partial charge on any atom is 0.417 e. The van der Waals surface area contributed by atoms with E-state index in [9.17, 15) is 13.2 Å². The molecular formula is C13H12F3N3O. The number of hydrogen-bond acceptors (Lipinski definition) is 4. The lowest BCUT2D eigenvalue weighted by atomic mass is 10.1. The highest BCUT2D eigenvalue weighted by atomic mass is 19.4. The van der Waals surface area contributed by atoms with Gasteiger partial charge in [-0.25, -0.2) is 4.98 Å². The molecule has 0 spiro atoms. The number of alkyl halides is 3. The van der Waals surface area contributed by atoms with Crippen LogP contribution in [0.3, 0.4) is 0 Å². The van der Waals surface area contributed by atoms with Crippen molar-refractivity contribution in [3.8, 4) is 17.1 Å². The Balaban J connectivity index is 2.37. The van der Waals surface area contributed by atoms with Gasteiger partial charge in [-0.3, -0.25) is 4.98 Å². The Labute approximate surface area is 113 Å². The molecular weight excluding hydrogens is 271 g/mol. The van der Waals surface area contributed by atoms with Gasteiger partial charge in [0, 0.05) is 30.1 Å². The number of methoxy groups -OCH3 is 1. The van der Waals surface area contributed by atoms with Gasteiger partial charge in [-0.15, -0.1) is 0 Å². The fourth-order valence-corrected chi connectivity index (χ4v) is 1.70. The first-order valence-corrected chi connectivity index (χ1v) is 5.72. The second kappa shape index (κ2) is 5.46. The van der Waals surface area contributed by atoms with Crippen LogP contribution in [0.2, 0.25) is 0 Å². The molecule has 2 N–H and O–H groups in total. The molecule has 0 unspecified atom stereocenters. The Bertz CT molecular complexity index is 597. The summed E-state index contributed by atoms with van der Waals surface area (Å²) >= 11 is 0. The van der Waals surface area contributed by atoms with Crippen LogP contribution in [-0.2, 0) is 12.7 Å². The summed E-state index contributed by atoms with van der Waals surface area (Å²) in [6.45, 7) is 0.213. The van der Waals surface area contributed by atoms with Gasteiger partial charge in [0.25, 0.3) is 0 Å². The summed E-state index contributed by atoms with van der Waals surface area (Å²) < 4.78 is 42.4. The standard InChI is InChI=1S/C13H12F3N3O/c1-20-12-8(5-17)4-9(6-19-12)11-3-2-10(7-18-11)13(14,15)16/h2-4,6-7H,5,17H2,1H3. The average Bonchev–Trinajstić information content (AvgIpc) is 2.45. The molecule has 0 saturated heterocycles. The summed E-state index contributed by atoms with van der Waals surface area (Å²) in [5.41, 5.74) is 6.41. The summed E-state index contributed by atoms with van der Waals surface area (Å²) in [4.78, 5) is 7.86. The molecule has 7 heteroatoms. The molecule has 0 saturated carbocycles. The molecule has 0 fully saturated rings. The second-order valence-electron chi connectivity index (χ2n) is 4.03. The summed E-state index contributed by atoms with van der Waals surface area (Å²) in [5, 5.41) is 0. The van der Waals surface area contributed by atoms with E-state index in [1.165, 1.54) is 19.4 Å². The number of nitrogens with two attached hydrogens (primary N) is 1. The van der Waals surface area contributed by atoms with Crippen LogP contribution in [0.4, 0.5) is 13.2 Å². The molecule has 4 nitrogen and oxygen atoms in total. The van der Waals surface area contributed by atoms with Crippen molar-refractivity contribution in [2.45, 2.75) is 12.7 Å². The number of aromatic nitrogens is 2. The zero-order valence-corrected chi connectivity index (χ0v) is 10.6. The van der Waals surface area contributed by atoms with Gasteiger partial charge in [0.05, 0.1) is 18.4 Å². The topological polar surface area (TPSA) is 61.0 Å². The number of hydrogen-bond donors (Lipinski definition) is 1. The second-order valence-corrected chi connectivity index (χ2v) is 4.03. The van der Waals surface area contributed by atoms with Crippen molar-refractivity contribution < 1.29 is 17.9 Å². The summed E-state index contributed by atoms with van der Waals surface area (Å²) in [5.74, 6) is 0.392. The Hall–Kier alpha value is -2.15. The van der Waals surface area contributed by atoms with Gasteiger partial charge >= 0.3 is 6.18 Å². The van der Waals surface area contributed by atoms with E-state index in [0.29, 0.717) is 22.7 Å². The van der Waals surface area contributed by atoms with Crippen molar-refractivity contribution in [2.24, 2.45) is 5.73 Å². The van der Waals surface area contributed by atoms with Crippen LogP contribution in [0.15, 0.2) is 30.6 Å². The van der Waals surface area contributed by atoms with Gasteiger partial charge in [-0.2, -0.15) is 13.2 Å². The summed E-state index contributed by atoms with van der Waals surface area (Å²) in [6, 6.07) is 3.97. The highest BCUT2D eigenvalue weighted by molar-refractivity contribution is 5.60. The Kier molecular flexibility index (Phi) is 3.89. The van der Waals surface area contributed by atoms with Gasteiger partial charge in [0.15, 0.2) is 0 Å². The number of ether oxygens (including phenoxy) is 1. The van der Waals surface area contributed by atoms with E-state index in [2.05, 4.69) is 9.97 Å². The fraction of sp³-hybridized carbons (Fsp3) is 0.231. The van der Waals surface area contributed by atoms with E-state index in [4.69, 9.17) is 10.5 Å². The first kappa shape index (κ1) is 14.3. The number of halogens is 3. The van der Waals surface area contributed by atoms with Crippen molar-refractivity contribution in [3.63, 3.8) is 0 Å². The minimum atomic E-state index is -4.40. The van der Waals surface area contributed by atoms with Gasteiger partial charge in [-0.1, -0.05) is 0 Å². The molecule has 0 aromatic carbocycles. The highest BCUT2D eigenvalue weighted by Crippen LogP contribution is 2.30. The average molecular weight is 283 g/mol. The molecule has 20 heavy (non-hydrogen) atoms. The van der Waals surface area contributed by atoms with Crippen LogP contribution in [-0.4, -0.2) is 17.1 Å².